The molecular formula is C58H59N13O16S5. The SMILES string of the molecule is CO/C(C)=C1/NC(=O)[C@H]([C@@H](C)O)NC(=O)c2csc(n2)-c2cc(O)c(-c3nc(CN)cs3)nc2-c2csc(n2)[C@@H]2COC(=O)c3c4c5c(cccc5n3O)COC(=O)[C@@H](O[C@H]3C[C@](C)(O)[C@H](N(C)C)[C@H](C)O3)[C@@H](OC4)[C@H](NC(=O)c3csc1n3)c1nc(cs1)C(=O)N2. The highest BCUT2D eigenvalue weighted by Crippen LogP contribution is 2.43. The second-order valence-electron chi connectivity index (χ2n) is 22.3. The molecule has 4 amide bonds. The third-order valence-electron chi connectivity index (χ3n) is 15.8. The van der Waals surface area contributed by atoms with Crippen LogP contribution in [0.3, 0.4) is 0 Å². The first-order valence-electron chi connectivity index (χ1n) is 28.4. The van der Waals surface area contributed by atoms with E-state index in [1.807, 2.05) is 0 Å². The average molecular weight is 1350 g/mol. The number of aliphatic hydroxyl groups excluding tert-OH is 1. The maximum atomic E-state index is 15.1. The minimum absolute atomic E-state index is 0.0103. The molecule has 8 aromatic rings. The van der Waals surface area contributed by atoms with Crippen molar-refractivity contribution >= 4 is 109 Å². The number of pyridine rings is 1. The Morgan fingerprint density at radius 3 is 2.24 bits per heavy atom. The van der Waals surface area contributed by atoms with Crippen LogP contribution in [0.25, 0.3) is 49.3 Å². The molecule has 0 saturated carbocycles. The highest BCUT2D eigenvalue weighted by molar-refractivity contribution is 7.14. The van der Waals surface area contributed by atoms with E-state index in [2.05, 4.69) is 36.2 Å². The summed E-state index contributed by atoms with van der Waals surface area (Å²) in [6.45, 7) is 4.54. The van der Waals surface area contributed by atoms with E-state index in [-0.39, 0.29) is 106 Å². The Hall–Kier alpha value is -8.26. The molecule has 0 spiro atoms. The third kappa shape index (κ3) is 12.2. The van der Waals surface area contributed by atoms with Crippen molar-refractivity contribution in [1.29, 1.82) is 0 Å². The second-order valence-corrected chi connectivity index (χ2v) is 26.7. The summed E-state index contributed by atoms with van der Waals surface area (Å²) in [5.74, 6) is -5.96. The summed E-state index contributed by atoms with van der Waals surface area (Å²) >= 11 is 4.95. The number of methoxy groups -OCH3 is 1. The van der Waals surface area contributed by atoms with Gasteiger partial charge < -0.3 is 80.8 Å². The van der Waals surface area contributed by atoms with Crippen molar-refractivity contribution in [3.63, 3.8) is 0 Å². The molecule has 29 nitrogen and oxygen atoms in total. The summed E-state index contributed by atoms with van der Waals surface area (Å²) in [5, 5.41) is 66.1. The number of nitrogens with zero attached hydrogens (tertiary/aromatic N) is 8. The van der Waals surface area contributed by atoms with E-state index in [1.54, 1.807) is 55.7 Å². The number of carbonyl (C=O) groups excluding carboxylic acids is 6. The maximum absolute atomic E-state index is 15.1. The van der Waals surface area contributed by atoms with E-state index >= 15 is 9.59 Å². The Balaban J connectivity index is 1.05. The fourth-order valence-electron chi connectivity index (χ4n) is 11.5. The van der Waals surface area contributed by atoms with Crippen LogP contribution in [0.1, 0.15) is 120 Å². The van der Waals surface area contributed by atoms with E-state index in [0.717, 1.165) is 45.3 Å². The monoisotopic (exact) mass is 1350 g/mol. The van der Waals surface area contributed by atoms with Crippen molar-refractivity contribution in [2.75, 3.05) is 27.8 Å². The zero-order valence-electron chi connectivity index (χ0n) is 49.8. The number of cyclic esters (lactones) is 2. The predicted octanol–water partition coefficient (Wildman–Crippen LogP) is 4.62. The molecule has 34 heteroatoms. The molecule has 0 radical (unpaired) electrons. The Morgan fingerprint density at radius 2 is 1.52 bits per heavy atom. The first kappa shape index (κ1) is 63.9. The minimum Gasteiger partial charge on any atom is -0.506 e. The van der Waals surface area contributed by atoms with Crippen molar-refractivity contribution < 1.29 is 77.7 Å². The number of carbonyl (C=O) groups is 6. The number of thiazole rings is 5. The zero-order valence-corrected chi connectivity index (χ0v) is 53.9. The molecule has 1 fully saturated rings. The van der Waals surface area contributed by atoms with E-state index < -0.39 is 122 Å². The largest absolute Gasteiger partial charge is 0.506 e. The lowest BCUT2D eigenvalue weighted by molar-refractivity contribution is -0.280. The summed E-state index contributed by atoms with van der Waals surface area (Å²) in [7, 11) is 4.88. The average Bonchev–Trinajstić information content (AvgIpc) is 1.56. The quantitative estimate of drug-likeness (QED) is 0.0597. The number of rotatable bonds is 7. The number of fused-ring (bicyclic) bond motifs is 15. The first-order valence-corrected chi connectivity index (χ1v) is 32.8. The Morgan fingerprint density at radius 1 is 0.848 bits per heavy atom. The van der Waals surface area contributed by atoms with Crippen LogP contribution in [0.15, 0.2) is 56.9 Å². The Labute approximate surface area is 542 Å². The van der Waals surface area contributed by atoms with Crippen molar-refractivity contribution in [3.8, 4) is 38.4 Å². The van der Waals surface area contributed by atoms with Crippen LogP contribution in [0.4, 0.5) is 0 Å². The summed E-state index contributed by atoms with van der Waals surface area (Å²) in [4.78, 5) is 119. The van der Waals surface area contributed by atoms with Gasteiger partial charge in [-0.05, 0) is 59.5 Å². The summed E-state index contributed by atoms with van der Waals surface area (Å²) in [5.41, 5.74) is 4.71. The number of aromatic nitrogens is 7. The van der Waals surface area contributed by atoms with E-state index in [1.165, 1.54) is 60.6 Å². The predicted molar refractivity (Wildman–Crippen MR) is 332 cm³/mol. The van der Waals surface area contributed by atoms with E-state index in [0.29, 0.717) is 21.0 Å². The number of esters is 2. The van der Waals surface area contributed by atoms with Gasteiger partial charge in [0.15, 0.2) is 18.1 Å². The van der Waals surface area contributed by atoms with Gasteiger partial charge in [0.1, 0.15) is 114 Å². The van der Waals surface area contributed by atoms with Gasteiger partial charge >= 0.3 is 11.9 Å². The fourth-order valence-corrected chi connectivity index (χ4v) is 15.7. The van der Waals surface area contributed by atoms with Crippen molar-refractivity contribution in [2.24, 2.45) is 5.73 Å². The first-order chi connectivity index (χ1) is 44.0. The van der Waals surface area contributed by atoms with Crippen molar-refractivity contribution in [1.82, 2.24) is 60.8 Å². The summed E-state index contributed by atoms with van der Waals surface area (Å²) < 4.78 is 38.2. The van der Waals surface area contributed by atoms with Crippen LogP contribution in [-0.4, -0.2) is 172 Å². The van der Waals surface area contributed by atoms with Gasteiger partial charge in [0.25, 0.3) is 17.7 Å². The molecule has 12 bridgehead atoms. The summed E-state index contributed by atoms with van der Waals surface area (Å²) in [6, 6.07) is 1.01. The zero-order chi connectivity index (χ0) is 65.2. The van der Waals surface area contributed by atoms with Gasteiger partial charge in [-0.15, -0.1) is 56.7 Å². The molecule has 4 aliphatic heterocycles. The third-order valence-corrected chi connectivity index (χ3v) is 20.3. The Kier molecular flexibility index (Phi) is 17.8. The molecule has 1 saturated heterocycles. The molecule has 482 valence electrons. The number of likely N-dealkylation sites (N-methyl/N-ethyl adjacent to an activating group) is 1. The van der Waals surface area contributed by atoms with Gasteiger partial charge in [0, 0.05) is 56.4 Å². The molecule has 4 aliphatic rings. The number of amides is 4. The number of hydrogen-bond donors (Lipinski definition) is 9. The molecule has 11 heterocycles. The van der Waals surface area contributed by atoms with Crippen molar-refractivity contribution in [2.45, 2.75) is 114 Å². The molecule has 7 aromatic heterocycles. The minimum atomic E-state index is -1.89. The number of nitrogens with two attached hydrogens (primary N) is 1. The Bertz CT molecular complexity index is 4260. The van der Waals surface area contributed by atoms with E-state index in [9.17, 15) is 39.7 Å². The van der Waals surface area contributed by atoms with Crippen LogP contribution in [0.2, 0.25) is 0 Å². The maximum Gasteiger partial charge on any atom is 0.358 e. The normalized spacial score (nSPS) is 25.0. The number of benzene rings is 1. The van der Waals surface area contributed by atoms with Crippen LogP contribution < -0.4 is 27.0 Å². The molecule has 92 heavy (non-hydrogen) atoms. The van der Waals surface area contributed by atoms with Crippen molar-refractivity contribution in [3.05, 3.63) is 112 Å². The number of aromatic hydroxyl groups is 1. The lowest BCUT2D eigenvalue weighted by atomic mass is 9.85. The van der Waals surface area contributed by atoms with Crippen LogP contribution in [0, 0.1) is 0 Å². The number of allylic oxidation sites excluding steroid dienone is 1. The molecule has 1 aromatic carbocycles. The fraction of sp³-hybridized carbons (Fsp3) is 0.379. The number of aliphatic hydroxyl groups is 2. The van der Waals surface area contributed by atoms with Gasteiger partial charge in [-0.3, -0.25) is 19.2 Å². The van der Waals surface area contributed by atoms with Crippen LogP contribution >= 0.6 is 56.7 Å². The lowest BCUT2D eigenvalue weighted by Crippen LogP contribution is -2.62. The lowest BCUT2D eigenvalue weighted by Gasteiger charge is -2.48. The van der Waals surface area contributed by atoms with Gasteiger partial charge in [-0.25, -0.2) is 39.5 Å². The van der Waals surface area contributed by atoms with Gasteiger partial charge in [-0.2, -0.15) is 4.73 Å². The highest BCUT2D eigenvalue weighted by Gasteiger charge is 2.50. The second kappa shape index (κ2) is 25.7. The molecule has 0 aliphatic carbocycles. The van der Waals surface area contributed by atoms with E-state index in [4.69, 9.17) is 49.1 Å². The number of ether oxygens (including phenoxy) is 6. The standard InChI is InChI=1S/C58H59N13O16S5/c1-22(72)38-50(77)68-39(23(2)82-7)53-64-33(21-91-53)49(76)69-42-44-45(87-36-12-58(4,80)46(70(5)6)24(3)86-36)57(79)84-14-25-9-8-10-34-37(25)28(15-83-44)43(71(34)81)56(78)85-16-29(61-47(74)31-20-92-55(42)65-31)52-62-30(18-90-52)40-27(51-63-32(19-89-51)48(75)67-38)11-35(73)41(66-40)54-60-26(13-59)17-88-54/h8-11,17-22,24,29,36,38,42,44-46,72-73,80-81H,12-16,59H2,1-7H3,(H,61,74)(H,67,75)(H,68,77)(H,69,76)/b39-23+/t22-,24+,29+,36+,38+,42+,44+,45+,46-,58+/m1/s1. The topological polar surface area (TPSA) is 398 Å². The molecule has 10 N–H and O–H groups in total. The molecule has 10 atom stereocenters. The van der Waals surface area contributed by atoms with Gasteiger partial charge in [0.2, 0.25) is 5.91 Å². The molecule has 0 unspecified atom stereocenters. The molecular weight excluding hydrogens is 1300 g/mol. The number of nitrogens with one attached hydrogen (secondary N) is 4. The smallest absolute Gasteiger partial charge is 0.358 e. The summed E-state index contributed by atoms with van der Waals surface area (Å²) in [6.07, 6.45) is -7.38. The highest BCUT2D eigenvalue weighted by atomic mass is 32.1. The number of hydrogen-bond acceptors (Lipinski definition) is 29. The molecule has 12 rings (SSSR count). The van der Waals surface area contributed by atoms with Gasteiger partial charge in [0.05, 0.1) is 48.8 Å². The van der Waals surface area contributed by atoms with Gasteiger partial charge in [-0.1, -0.05) is 12.1 Å². The van der Waals surface area contributed by atoms with Crippen LogP contribution in [0.5, 0.6) is 5.75 Å². The van der Waals surface area contributed by atoms with Crippen LogP contribution in [-0.2, 0) is 57.8 Å².